The summed E-state index contributed by atoms with van der Waals surface area (Å²) < 4.78 is 0. The number of thioether (sulfide) groups is 1. The van der Waals surface area contributed by atoms with Crippen LogP contribution in [0.25, 0.3) is 0 Å². The third-order valence-electron chi connectivity index (χ3n) is 2.34. The number of carboxylic acids is 2. The number of benzene rings is 1. The van der Waals surface area contributed by atoms with E-state index in [9.17, 15) is 9.59 Å². The van der Waals surface area contributed by atoms with Gasteiger partial charge in [0.05, 0.1) is 6.42 Å². The summed E-state index contributed by atoms with van der Waals surface area (Å²) in [6, 6.07) is 7.39. The number of nitrogens with zero attached hydrogens (tertiary/aromatic N) is 1. The molecule has 0 aliphatic heterocycles. The molecule has 0 fully saturated rings. The Morgan fingerprint density at radius 1 is 1.28 bits per heavy atom. The maximum atomic E-state index is 10.8. The molecule has 0 amide bonds. The minimum Gasteiger partial charge on any atom is -0.481 e. The SMILES string of the molecule is CSc1cccc(N(CCC(=O)O)CC(=O)O)c1. The summed E-state index contributed by atoms with van der Waals surface area (Å²) in [6.45, 7) is -0.0232. The second-order valence-corrected chi connectivity index (χ2v) is 4.54. The third kappa shape index (κ3) is 4.67. The smallest absolute Gasteiger partial charge is 0.323 e. The van der Waals surface area contributed by atoms with Gasteiger partial charge in [-0.25, -0.2) is 0 Å². The van der Waals surface area contributed by atoms with Crippen LogP contribution in [0.4, 0.5) is 5.69 Å². The van der Waals surface area contributed by atoms with E-state index in [1.807, 2.05) is 24.5 Å². The lowest BCUT2D eigenvalue weighted by molar-refractivity contribution is -0.138. The number of aliphatic carboxylic acids is 2. The van der Waals surface area contributed by atoms with E-state index in [1.54, 1.807) is 22.7 Å². The second-order valence-electron chi connectivity index (χ2n) is 3.66. The summed E-state index contributed by atoms with van der Waals surface area (Å²) in [5.41, 5.74) is 0.727. The van der Waals surface area contributed by atoms with Crippen LogP contribution in [0.5, 0.6) is 0 Å². The Morgan fingerprint density at radius 3 is 2.56 bits per heavy atom. The molecular formula is C12H15NO4S. The van der Waals surface area contributed by atoms with Gasteiger partial charge in [0.2, 0.25) is 0 Å². The normalized spacial score (nSPS) is 10.1. The lowest BCUT2D eigenvalue weighted by Crippen LogP contribution is -2.31. The van der Waals surface area contributed by atoms with E-state index in [0.29, 0.717) is 0 Å². The van der Waals surface area contributed by atoms with Crippen molar-refractivity contribution in [2.24, 2.45) is 0 Å². The highest BCUT2D eigenvalue weighted by Crippen LogP contribution is 2.22. The monoisotopic (exact) mass is 269 g/mol. The van der Waals surface area contributed by atoms with E-state index in [2.05, 4.69) is 0 Å². The summed E-state index contributed by atoms with van der Waals surface area (Å²) in [5.74, 6) is -1.92. The first-order valence-corrected chi connectivity index (χ1v) is 6.58. The van der Waals surface area contributed by atoms with Crippen LogP contribution in [-0.4, -0.2) is 41.5 Å². The molecule has 0 radical (unpaired) electrons. The fourth-order valence-electron chi connectivity index (χ4n) is 1.50. The van der Waals surface area contributed by atoms with Gasteiger partial charge in [-0.2, -0.15) is 0 Å². The quantitative estimate of drug-likeness (QED) is 0.735. The molecule has 0 bridgehead atoms. The molecule has 18 heavy (non-hydrogen) atoms. The van der Waals surface area contributed by atoms with Gasteiger partial charge in [-0.15, -0.1) is 11.8 Å². The molecule has 98 valence electrons. The molecule has 0 aliphatic rings. The molecular weight excluding hydrogens is 254 g/mol. The van der Waals surface area contributed by atoms with Crippen molar-refractivity contribution in [3.05, 3.63) is 24.3 Å². The third-order valence-corrected chi connectivity index (χ3v) is 3.07. The van der Waals surface area contributed by atoms with Crippen LogP contribution in [0.15, 0.2) is 29.2 Å². The molecule has 0 spiro atoms. The number of anilines is 1. The van der Waals surface area contributed by atoms with Gasteiger partial charge in [0.1, 0.15) is 6.54 Å². The van der Waals surface area contributed by atoms with Gasteiger partial charge in [0.25, 0.3) is 0 Å². The maximum Gasteiger partial charge on any atom is 0.323 e. The van der Waals surface area contributed by atoms with E-state index in [0.717, 1.165) is 10.6 Å². The molecule has 1 aromatic carbocycles. The van der Waals surface area contributed by atoms with Crippen LogP contribution in [0.1, 0.15) is 6.42 Å². The van der Waals surface area contributed by atoms with Crippen molar-refractivity contribution >= 4 is 29.4 Å². The number of carboxylic acid groups (broad SMARTS) is 2. The first-order chi connectivity index (χ1) is 8.52. The highest BCUT2D eigenvalue weighted by Gasteiger charge is 2.12. The Balaban J connectivity index is 2.85. The van der Waals surface area contributed by atoms with Crippen LogP contribution in [0.2, 0.25) is 0 Å². The van der Waals surface area contributed by atoms with Crippen molar-refractivity contribution in [3.63, 3.8) is 0 Å². The number of rotatable bonds is 7. The van der Waals surface area contributed by atoms with Gasteiger partial charge < -0.3 is 15.1 Å². The van der Waals surface area contributed by atoms with Crippen molar-refractivity contribution in [3.8, 4) is 0 Å². The van der Waals surface area contributed by atoms with Crippen molar-refractivity contribution in [2.75, 3.05) is 24.2 Å². The zero-order chi connectivity index (χ0) is 13.5. The van der Waals surface area contributed by atoms with E-state index < -0.39 is 11.9 Å². The second kappa shape index (κ2) is 6.90. The van der Waals surface area contributed by atoms with Crippen molar-refractivity contribution in [1.82, 2.24) is 0 Å². The van der Waals surface area contributed by atoms with Gasteiger partial charge in [-0.3, -0.25) is 9.59 Å². The van der Waals surface area contributed by atoms with Gasteiger partial charge in [0.15, 0.2) is 0 Å². The Labute approximate surface area is 109 Å². The molecule has 0 unspecified atom stereocenters. The zero-order valence-corrected chi connectivity index (χ0v) is 10.8. The van der Waals surface area contributed by atoms with Crippen molar-refractivity contribution in [2.45, 2.75) is 11.3 Å². The molecule has 0 saturated heterocycles. The Bertz CT molecular complexity index is 436. The highest BCUT2D eigenvalue weighted by atomic mass is 32.2. The zero-order valence-electron chi connectivity index (χ0n) is 10.00. The minimum atomic E-state index is -0.977. The molecule has 0 saturated carbocycles. The summed E-state index contributed by atoms with van der Waals surface area (Å²) in [5, 5.41) is 17.5. The molecule has 5 nitrogen and oxygen atoms in total. The van der Waals surface area contributed by atoms with Gasteiger partial charge in [-0.05, 0) is 24.5 Å². The summed E-state index contributed by atoms with van der Waals surface area (Å²) >= 11 is 1.55. The first-order valence-electron chi connectivity index (χ1n) is 5.35. The Morgan fingerprint density at radius 2 is 2.00 bits per heavy atom. The van der Waals surface area contributed by atoms with E-state index >= 15 is 0 Å². The summed E-state index contributed by atoms with van der Waals surface area (Å²) in [7, 11) is 0. The van der Waals surface area contributed by atoms with Gasteiger partial charge in [0, 0.05) is 17.1 Å². The Kier molecular flexibility index (Phi) is 5.51. The molecule has 1 aromatic rings. The fourth-order valence-corrected chi connectivity index (χ4v) is 1.95. The number of hydrogen-bond acceptors (Lipinski definition) is 4. The lowest BCUT2D eigenvalue weighted by atomic mass is 10.2. The first kappa shape index (κ1) is 14.4. The number of carbonyl (C=O) groups is 2. The molecule has 2 N–H and O–H groups in total. The van der Waals surface area contributed by atoms with Crippen molar-refractivity contribution in [1.29, 1.82) is 0 Å². The van der Waals surface area contributed by atoms with Crippen LogP contribution >= 0.6 is 11.8 Å². The summed E-state index contributed by atoms with van der Waals surface area (Å²) in [6.07, 6.45) is 1.84. The molecule has 0 heterocycles. The molecule has 0 aliphatic carbocycles. The van der Waals surface area contributed by atoms with Crippen LogP contribution in [-0.2, 0) is 9.59 Å². The largest absolute Gasteiger partial charge is 0.481 e. The highest BCUT2D eigenvalue weighted by molar-refractivity contribution is 7.98. The van der Waals surface area contributed by atoms with E-state index in [1.165, 1.54) is 0 Å². The maximum absolute atomic E-state index is 10.8. The van der Waals surface area contributed by atoms with Crippen LogP contribution in [0, 0.1) is 0 Å². The predicted octanol–water partition coefficient (Wildman–Crippen LogP) is 1.77. The molecule has 6 heteroatoms. The summed E-state index contributed by atoms with van der Waals surface area (Å²) in [4.78, 5) is 23.9. The average molecular weight is 269 g/mol. The average Bonchev–Trinajstić information content (AvgIpc) is 2.34. The predicted molar refractivity (Wildman–Crippen MR) is 70.3 cm³/mol. The minimum absolute atomic E-state index is 0.0865. The van der Waals surface area contributed by atoms with Crippen molar-refractivity contribution < 1.29 is 19.8 Å². The molecule has 1 rings (SSSR count). The van der Waals surface area contributed by atoms with Gasteiger partial charge in [-0.1, -0.05) is 6.07 Å². The molecule has 0 aromatic heterocycles. The van der Waals surface area contributed by atoms with E-state index in [4.69, 9.17) is 10.2 Å². The fraction of sp³-hybridized carbons (Fsp3) is 0.333. The Hall–Kier alpha value is -1.69. The lowest BCUT2D eigenvalue weighted by Gasteiger charge is -2.22. The van der Waals surface area contributed by atoms with Crippen LogP contribution < -0.4 is 4.90 Å². The van der Waals surface area contributed by atoms with Gasteiger partial charge >= 0.3 is 11.9 Å². The topological polar surface area (TPSA) is 77.8 Å². The van der Waals surface area contributed by atoms with E-state index in [-0.39, 0.29) is 19.5 Å². The number of hydrogen-bond donors (Lipinski definition) is 2. The standard InChI is InChI=1S/C12H15NO4S/c1-18-10-4-2-3-9(7-10)13(8-12(16)17)6-5-11(14)15/h2-4,7H,5-6,8H2,1H3,(H,14,15)(H,16,17). The molecule has 0 atom stereocenters. The van der Waals surface area contributed by atoms with Crippen LogP contribution in [0.3, 0.4) is 0 Å².